The highest BCUT2D eigenvalue weighted by atomic mass is 16.5. The first kappa shape index (κ1) is 17.2. The summed E-state index contributed by atoms with van der Waals surface area (Å²) < 4.78 is 11.0. The summed E-state index contributed by atoms with van der Waals surface area (Å²) in [7, 11) is 1.86. The average Bonchev–Trinajstić information content (AvgIpc) is 2.63. The lowest BCUT2D eigenvalue weighted by Crippen LogP contribution is -2.55. The second kappa shape index (κ2) is 7.96. The zero-order valence-electron chi connectivity index (χ0n) is 14.5. The lowest BCUT2D eigenvalue weighted by atomic mass is 10.1. The largest absolute Gasteiger partial charge is 0.378 e. The van der Waals surface area contributed by atoms with Crippen LogP contribution in [0, 0.1) is 0 Å². The zero-order chi connectivity index (χ0) is 16.9. The minimum atomic E-state index is -0.265. The summed E-state index contributed by atoms with van der Waals surface area (Å²) in [5.41, 5.74) is 2.36. The molecule has 132 valence electrons. The maximum absolute atomic E-state index is 12.8. The van der Waals surface area contributed by atoms with Gasteiger partial charge in [-0.2, -0.15) is 0 Å². The predicted molar refractivity (Wildman–Crippen MR) is 93.2 cm³/mol. The van der Waals surface area contributed by atoms with Crippen molar-refractivity contribution in [1.29, 1.82) is 0 Å². The van der Waals surface area contributed by atoms with Crippen LogP contribution in [0.4, 0.5) is 5.69 Å². The molecule has 24 heavy (non-hydrogen) atoms. The third-order valence-electron chi connectivity index (χ3n) is 4.71. The number of hydrogen-bond donors (Lipinski definition) is 1. The van der Waals surface area contributed by atoms with Crippen molar-refractivity contribution >= 4 is 11.6 Å². The Hall–Kier alpha value is -1.63. The fraction of sp³-hybridized carbons (Fsp3) is 0.611. The Bertz CT molecular complexity index is 560. The molecule has 0 radical (unpaired) electrons. The lowest BCUT2D eigenvalue weighted by molar-refractivity contribution is -0.138. The van der Waals surface area contributed by atoms with Crippen LogP contribution in [0.15, 0.2) is 24.3 Å². The average molecular weight is 333 g/mol. The van der Waals surface area contributed by atoms with Crippen LogP contribution in [0.2, 0.25) is 0 Å². The first-order valence-electron chi connectivity index (χ1n) is 8.67. The van der Waals surface area contributed by atoms with Gasteiger partial charge in [0.1, 0.15) is 6.04 Å². The van der Waals surface area contributed by atoms with Crippen LogP contribution in [-0.4, -0.2) is 69.5 Å². The number of nitrogens with zero attached hydrogens (tertiary/aromatic N) is 2. The molecule has 1 aromatic rings. The molecule has 0 aromatic heterocycles. The Morgan fingerprint density at radius 3 is 2.79 bits per heavy atom. The van der Waals surface area contributed by atoms with Crippen molar-refractivity contribution in [3.05, 3.63) is 29.8 Å². The summed E-state index contributed by atoms with van der Waals surface area (Å²) in [4.78, 5) is 16.9. The smallest absolute Gasteiger partial charge is 0.242 e. The number of likely N-dealkylation sites (N-methyl/N-ethyl adjacent to an activating group) is 1. The van der Waals surface area contributed by atoms with Crippen molar-refractivity contribution in [2.45, 2.75) is 25.6 Å². The van der Waals surface area contributed by atoms with Crippen molar-refractivity contribution in [1.82, 2.24) is 10.2 Å². The number of morpholine rings is 2. The van der Waals surface area contributed by atoms with E-state index < -0.39 is 0 Å². The van der Waals surface area contributed by atoms with E-state index >= 15 is 0 Å². The summed E-state index contributed by atoms with van der Waals surface area (Å²) in [6, 6.07) is 8.04. The van der Waals surface area contributed by atoms with E-state index in [2.05, 4.69) is 28.4 Å². The molecule has 0 saturated carbocycles. The van der Waals surface area contributed by atoms with E-state index in [0.717, 1.165) is 32.8 Å². The van der Waals surface area contributed by atoms with E-state index in [4.69, 9.17) is 9.47 Å². The molecule has 1 N–H and O–H groups in total. The number of carbonyl (C=O) groups excluding carboxylic acids is 1. The highest BCUT2D eigenvalue weighted by Crippen LogP contribution is 2.23. The molecule has 2 heterocycles. The number of nitrogens with one attached hydrogen (secondary N) is 1. The first-order valence-corrected chi connectivity index (χ1v) is 8.67. The van der Waals surface area contributed by atoms with Gasteiger partial charge in [-0.3, -0.25) is 4.79 Å². The Kier molecular flexibility index (Phi) is 5.71. The number of hydrogen-bond acceptors (Lipinski definition) is 5. The molecule has 2 saturated heterocycles. The predicted octanol–water partition coefficient (Wildman–Crippen LogP) is 0.859. The van der Waals surface area contributed by atoms with Crippen LogP contribution in [0.25, 0.3) is 0 Å². The van der Waals surface area contributed by atoms with Crippen LogP contribution >= 0.6 is 0 Å². The van der Waals surface area contributed by atoms with Crippen LogP contribution < -0.4 is 10.2 Å². The van der Waals surface area contributed by atoms with Crippen molar-refractivity contribution in [2.75, 3.05) is 51.4 Å². The molecule has 3 rings (SSSR count). The van der Waals surface area contributed by atoms with Crippen LogP contribution in [-0.2, 0) is 20.8 Å². The number of carbonyl (C=O) groups is 1. The maximum atomic E-state index is 12.8. The highest BCUT2D eigenvalue weighted by Gasteiger charge is 2.30. The first-order chi connectivity index (χ1) is 11.7. The van der Waals surface area contributed by atoms with E-state index in [9.17, 15) is 4.79 Å². The maximum Gasteiger partial charge on any atom is 0.242 e. The van der Waals surface area contributed by atoms with Gasteiger partial charge in [0, 0.05) is 38.9 Å². The molecular formula is C18H27N3O3. The van der Waals surface area contributed by atoms with Gasteiger partial charge in [0.25, 0.3) is 0 Å². The zero-order valence-corrected chi connectivity index (χ0v) is 14.5. The van der Waals surface area contributed by atoms with Gasteiger partial charge >= 0.3 is 0 Å². The summed E-state index contributed by atoms with van der Waals surface area (Å²) in [6.45, 7) is 7.22. The van der Waals surface area contributed by atoms with Crippen LogP contribution in [0.1, 0.15) is 12.5 Å². The topological polar surface area (TPSA) is 54.0 Å². The van der Waals surface area contributed by atoms with Crippen molar-refractivity contribution < 1.29 is 14.3 Å². The number of ether oxygens (including phenoxy) is 2. The summed E-state index contributed by atoms with van der Waals surface area (Å²) in [6.07, 6.45) is -0.0943. The van der Waals surface area contributed by atoms with Gasteiger partial charge in [-0.05, 0) is 18.6 Å². The summed E-state index contributed by atoms with van der Waals surface area (Å²) >= 11 is 0. The third kappa shape index (κ3) is 3.88. The SMILES string of the molecule is C[C@H]1OCCN[C@@H]1C(=O)N(C)Cc1ccccc1N1CCOCC1. The molecular weight excluding hydrogens is 306 g/mol. The minimum Gasteiger partial charge on any atom is -0.378 e. The Labute approximate surface area is 143 Å². The molecule has 2 atom stereocenters. The van der Waals surface area contributed by atoms with Crippen molar-refractivity contribution in [3.63, 3.8) is 0 Å². The van der Waals surface area contributed by atoms with Gasteiger partial charge < -0.3 is 24.6 Å². The Balaban J connectivity index is 1.69. The number of para-hydroxylation sites is 1. The lowest BCUT2D eigenvalue weighted by Gasteiger charge is -2.34. The van der Waals surface area contributed by atoms with Crippen molar-refractivity contribution in [3.8, 4) is 0 Å². The second-order valence-electron chi connectivity index (χ2n) is 6.43. The van der Waals surface area contributed by atoms with Gasteiger partial charge in [0.15, 0.2) is 0 Å². The van der Waals surface area contributed by atoms with E-state index in [1.807, 2.05) is 20.0 Å². The molecule has 6 heteroatoms. The molecule has 2 fully saturated rings. The molecule has 0 unspecified atom stereocenters. The summed E-state index contributed by atoms with van der Waals surface area (Å²) in [5.74, 6) is 0.0824. The summed E-state index contributed by atoms with van der Waals surface area (Å²) in [5, 5.41) is 3.27. The number of anilines is 1. The molecule has 2 aliphatic rings. The van der Waals surface area contributed by atoms with Gasteiger partial charge in [-0.25, -0.2) is 0 Å². The van der Waals surface area contributed by atoms with Gasteiger partial charge in [-0.1, -0.05) is 18.2 Å². The van der Waals surface area contributed by atoms with Gasteiger partial charge in [0.05, 0.1) is 25.9 Å². The molecule has 0 spiro atoms. The van der Waals surface area contributed by atoms with Crippen molar-refractivity contribution in [2.24, 2.45) is 0 Å². The fourth-order valence-electron chi connectivity index (χ4n) is 3.34. The molecule has 0 aliphatic carbocycles. The Morgan fingerprint density at radius 2 is 2.04 bits per heavy atom. The standard InChI is InChI=1S/C18H27N3O3/c1-14-17(19-7-10-24-14)18(22)20(2)13-15-5-3-4-6-16(15)21-8-11-23-12-9-21/h3-6,14,17,19H,7-13H2,1-2H3/t14-,17+/m1/s1. The van der Waals surface area contributed by atoms with Gasteiger partial charge in [0.2, 0.25) is 5.91 Å². The van der Waals surface area contributed by atoms with Crippen LogP contribution in [0.3, 0.4) is 0 Å². The third-order valence-corrected chi connectivity index (χ3v) is 4.71. The Morgan fingerprint density at radius 1 is 1.29 bits per heavy atom. The van der Waals surface area contributed by atoms with Gasteiger partial charge in [-0.15, -0.1) is 0 Å². The number of rotatable bonds is 4. The van der Waals surface area contributed by atoms with Crippen LogP contribution in [0.5, 0.6) is 0 Å². The highest BCUT2D eigenvalue weighted by molar-refractivity contribution is 5.82. The molecule has 0 bridgehead atoms. The minimum absolute atomic E-state index is 0.0824. The quantitative estimate of drug-likeness (QED) is 0.886. The monoisotopic (exact) mass is 333 g/mol. The molecule has 6 nitrogen and oxygen atoms in total. The number of benzene rings is 1. The second-order valence-corrected chi connectivity index (χ2v) is 6.43. The molecule has 2 aliphatic heterocycles. The molecule has 1 aromatic carbocycles. The van der Waals surface area contributed by atoms with E-state index in [0.29, 0.717) is 13.2 Å². The number of amides is 1. The normalized spacial score (nSPS) is 24.7. The molecule has 1 amide bonds. The fourth-order valence-corrected chi connectivity index (χ4v) is 3.34. The van der Waals surface area contributed by atoms with E-state index in [-0.39, 0.29) is 18.1 Å². The van der Waals surface area contributed by atoms with E-state index in [1.54, 1.807) is 4.90 Å². The van der Waals surface area contributed by atoms with E-state index in [1.165, 1.54) is 11.3 Å².